The van der Waals surface area contributed by atoms with Gasteiger partial charge in [-0.15, -0.1) is 0 Å². The summed E-state index contributed by atoms with van der Waals surface area (Å²) in [6, 6.07) is 5.70. The summed E-state index contributed by atoms with van der Waals surface area (Å²) in [5.41, 5.74) is 1.86. The zero-order valence-electron chi connectivity index (χ0n) is 10.2. The molecule has 0 aliphatic carbocycles. The molecule has 1 N–H and O–H groups in total. The molecule has 6 heteroatoms. The van der Waals surface area contributed by atoms with Crippen LogP contribution in [0.2, 0.25) is 0 Å². The van der Waals surface area contributed by atoms with Gasteiger partial charge in [0.15, 0.2) is 5.16 Å². The number of aliphatic carboxylic acids is 1. The van der Waals surface area contributed by atoms with Gasteiger partial charge in [-0.05, 0) is 12.1 Å². The molecule has 96 valence electrons. The molecule has 1 aromatic carbocycles. The summed E-state index contributed by atoms with van der Waals surface area (Å²) >= 11 is 1.44. The Hall–Kier alpha value is -1.69. The maximum absolute atomic E-state index is 10.5. The average molecular weight is 266 g/mol. The molecule has 2 rings (SSSR count). The van der Waals surface area contributed by atoms with E-state index in [1.54, 1.807) is 7.11 Å². The van der Waals surface area contributed by atoms with Gasteiger partial charge in [-0.25, -0.2) is 4.98 Å². The summed E-state index contributed by atoms with van der Waals surface area (Å²) in [4.78, 5) is 14.9. The fraction of sp³-hybridized carbons (Fsp3) is 0.333. The fourth-order valence-electron chi connectivity index (χ4n) is 1.64. The molecule has 1 aromatic heterocycles. The molecule has 0 saturated heterocycles. The Balaban J connectivity index is 2.23. The van der Waals surface area contributed by atoms with E-state index in [4.69, 9.17) is 9.84 Å². The number of imidazole rings is 1. The van der Waals surface area contributed by atoms with Gasteiger partial charge in [-0.2, -0.15) is 0 Å². The van der Waals surface area contributed by atoms with Crippen molar-refractivity contribution in [3.05, 3.63) is 18.2 Å². The van der Waals surface area contributed by atoms with Gasteiger partial charge in [0.2, 0.25) is 0 Å². The van der Waals surface area contributed by atoms with E-state index in [1.165, 1.54) is 11.8 Å². The smallest absolute Gasteiger partial charge is 0.304 e. The number of nitrogens with zero attached hydrogens (tertiary/aromatic N) is 2. The second-order valence-electron chi connectivity index (χ2n) is 3.80. The number of fused-ring (bicyclic) bond motifs is 1. The Kier molecular flexibility index (Phi) is 3.76. The number of hydrogen-bond acceptors (Lipinski definition) is 4. The normalized spacial score (nSPS) is 10.8. The predicted molar refractivity (Wildman–Crippen MR) is 70.2 cm³/mol. The number of ether oxygens (including phenoxy) is 1. The molecule has 18 heavy (non-hydrogen) atoms. The van der Waals surface area contributed by atoms with Gasteiger partial charge in [-0.3, -0.25) is 4.79 Å². The van der Waals surface area contributed by atoms with Crippen molar-refractivity contribution in [2.75, 3.05) is 12.9 Å². The molecule has 2 aromatic rings. The molecule has 5 nitrogen and oxygen atoms in total. The van der Waals surface area contributed by atoms with Gasteiger partial charge in [-0.1, -0.05) is 11.8 Å². The van der Waals surface area contributed by atoms with Crippen LogP contribution in [0.1, 0.15) is 6.42 Å². The highest BCUT2D eigenvalue weighted by atomic mass is 32.2. The van der Waals surface area contributed by atoms with Crippen LogP contribution in [0.25, 0.3) is 11.0 Å². The van der Waals surface area contributed by atoms with Crippen molar-refractivity contribution in [3.63, 3.8) is 0 Å². The highest BCUT2D eigenvalue weighted by molar-refractivity contribution is 7.99. The Bertz CT molecular complexity index is 580. The first-order valence-corrected chi connectivity index (χ1v) is 6.45. The fourth-order valence-corrected chi connectivity index (χ4v) is 2.56. The number of thioether (sulfide) groups is 1. The number of benzene rings is 1. The van der Waals surface area contributed by atoms with E-state index in [9.17, 15) is 4.79 Å². The van der Waals surface area contributed by atoms with E-state index in [-0.39, 0.29) is 6.42 Å². The highest BCUT2D eigenvalue weighted by Crippen LogP contribution is 2.26. The maximum Gasteiger partial charge on any atom is 0.304 e. The number of hydrogen-bond donors (Lipinski definition) is 1. The summed E-state index contributed by atoms with van der Waals surface area (Å²) in [6.45, 7) is 0. The molecular weight excluding hydrogens is 252 g/mol. The number of carbonyl (C=O) groups is 1. The zero-order valence-corrected chi connectivity index (χ0v) is 11.0. The van der Waals surface area contributed by atoms with E-state index in [0.717, 1.165) is 21.9 Å². The number of aryl methyl sites for hydroxylation is 1. The van der Waals surface area contributed by atoms with Gasteiger partial charge in [0.25, 0.3) is 0 Å². The van der Waals surface area contributed by atoms with Crippen molar-refractivity contribution in [3.8, 4) is 5.75 Å². The van der Waals surface area contributed by atoms with E-state index in [2.05, 4.69) is 4.98 Å². The molecule has 0 atom stereocenters. The molecule has 0 amide bonds. The van der Waals surface area contributed by atoms with Crippen molar-refractivity contribution in [1.82, 2.24) is 9.55 Å². The Labute approximate surface area is 109 Å². The predicted octanol–water partition coefficient (Wildman–Crippen LogP) is 2.15. The lowest BCUT2D eigenvalue weighted by Gasteiger charge is -2.01. The minimum Gasteiger partial charge on any atom is -0.497 e. The molecule has 0 spiro atoms. The first kappa shape index (κ1) is 12.8. The number of carboxylic acid groups (broad SMARTS) is 1. The zero-order chi connectivity index (χ0) is 13.1. The standard InChI is InChI=1S/C12H14N2O3S/c1-14-10-4-3-8(17-2)7-9(10)13-12(14)18-6-5-11(15)16/h3-4,7H,5-6H2,1-2H3,(H,15,16). The third-order valence-corrected chi connectivity index (χ3v) is 3.63. The lowest BCUT2D eigenvalue weighted by Crippen LogP contribution is -1.97. The third kappa shape index (κ3) is 2.59. The molecular formula is C12H14N2O3S. The van der Waals surface area contributed by atoms with E-state index < -0.39 is 5.97 Å². The van der Waals surface area contributed by atoms with Crippen LogP contribution < -0.4 is 4.74 Å². The quantitative estimate of drug-likeness (QED) is 0.840. The van der Waals surface area contributed by atoms with Crippen LogP contribution in [0.15, 0.2) is 23.4 Å². The van der Waals surface area contributed by atoms with Crippen LogP contribution >= 0.6 is 11.8 Å². The molecule has 0 aliphatic heterocycles. The third-order valence-electron chi connectivity index (χ3n) is 2.59. The van der Waals surface area contributed by atoms with Crippen LogP contribution in [-0.2, 0) is 11.8 Å². The molecule has 0 unspecified atom stereocenters. The van der Waals surface area contributed by atoms with Crippen LogP contribution in [0.4, 0.5) is 0 Å². The van der Waals surface area contributed by atoms with E-state index in [1.807, 2.05) is 29.8 Å². The van der Waals surface area contributed by atoms with Crippen LogP contribution in [0.5, 0.6) is 5.75 Å². The van der Waals surface area contributed by atoms with Crippen LogP contribution in [-0.4, -0.2) is 33.5 Å². The monoisotopic (exact) mass is 266 g/mol. The summed E-state index contributed by atoms with van der Waals surface area (Å²) in [6.07, 6.45) is 0.136. The number of methoxy groups -OCH3 is 1. The topological polar surface area (TPSA) is 64.3 Å². The van der Waals surface area contributed by atoms with Crippen LogP contribution in [0.3, 0.4) is 0 Å². The van der Waals surface area contributed by atoms with Crippen molar-refractivity contribution in [2.45, 2.75) is 11.6 Å². The second-order valence-corrected chi connectivity index (χ2v) is 4.86. The summed E-state index contributed by atoms with van der Waals surface area (Å²) in [5.74, 6) is 0.495. The summed E-state index contributed by atoms with van der Waals surface area (Å²) < 4.78 is 7.11. The number of carboxylic acids is 1. The Morgan fingerprint density at radius 1 is 1.56 bits per heavy atom. The van der Waals surface area contributed by atoms with Gasteiger partial charge in [0, 0.05) is 18.9 Å². The number of rotatable bonds is 5. The lowest BCUT2D eigenvalue weighted by atomic mass is 10.3. The molecule has 0 bridgehead atoms. The molecule has 0 fully saturated rings. The summed E-state index contributed by atoms with van der Waals surface area (Å²) in [5, 5.41) is 9.43. The van der Waals surface area contributed by atoms with E-state index >= 15 is 0 Å². The first-order chi connectivity index (χ1) is 8.61. The molecule has 0 radical (unpaired) electrons. The maximum atomic E-state index is 10.5. The van der Waals surface area contributed by atoms with Gasteiger partial charge in [0.1, 0.15) is 5.75 Å². The minimum absolute atomic E-state index is 0.136. The van der Waals surface area contributed by atoms with Crippen molar-refractivity contribution in [1.29, 1.82) is 0 Å². The largest absolute Gasteiger partial charge is 0.497 e. The lowest BCUT2D eigenvalue weighted by molar-refractivity contribution is -0.136. The van der Waals surface area contributed by atoms with E-state index in [0.29, 0.717) is 5.75 Å². The Morgan fingerprint density at radius 2 is 2.33 bits per heavy atom. The molecule has 0 aliphatic rings. The van der Waals surface area contributed by atoms with Crippen LogP contribution in [0, 0.1) is 0 Å². The average Bonchev–Trinajstić information content (AvgIpc) is 2.65. The molecule has 0 saturated carbocycles. The van der Waals surface area contributed by atoms with Crippen molar-refractivity contribution >= 4 is 28.8 Å². The van der Waals surface area contributed by atoms with Crippen molar-refractivity contribution < 1.29 is 14.6 Å². The van der Waals surface area contributed by atoms with Gasteiger partial charge in [0.05, 0.1) is 24.6 Å². The second kappa shape index (κ2) is 5.30. The first-order valence-electron chi connectivity index (χ1n) is 5.47. The van der Waals surface area contributed by atoms with Gasteiger partial charge >= 0.3 is 5.97 Å². The number of aromatic nitrogens is 2. The molecule has 1 heterocycles. The minimum atomic E-state index is -0.789. The Morgan fingerprint density at radius 3 is 3.00 bits per heavy atom. The SMILES string of the molecule is COc1ccc2c(c1)nc(SCCC(=O)O)n2C. The summed E-state index contributed by atoms with van der Waals surface area (Å²) in [7, 11) is 3.54. The highest BCUT2D eigenvalue weighted by Gasteiger charge is 2.09. The van der Waals surface area contributed by atoms with Crippen molar-refractivity contribution in [2.24, 2.45) is 7.05 Å². The van der Waals surface area contributed by atoms with Gasteiger partial charge < -0.3 is 14.4 Å².